The predicted molar refractivity (Wildman–Crippen MR) is 113 cm³/mol. The number of aromatic nitrogens is 2. The second-order valence-corrected chi connectivity index (χ2v) is 8.02. The number of carbonyl (C=O) groups excluding carboxylic acids is 1. The van der Waals surface area contributed by atoms with Gasteiger partial charge in [-0.1, -0.05) is 45.0 Å². The van der Waals surface area contributed by atoms with Crippen LogP contribution in [0.1, 0.15) is 32.2 Å². The second kappa shape index (κ2) is 8.98. The highest BCUT2D eigenvalue weighted by molar-refractivity contribution is 5.77. The van der Waals surface area contributed by atoms with Crippen molar-refractivity contribution in [1.82, 2.24) is 15.1 Å². The molecule has 158 valence electrons. The van der Waals surface area contributed by atoms with Crippen LogP contribution < -0.4 is 9.47 Å². The number of carbonyl (C=O) groups is 1. The number of ether oxygens (including phenoxy) is 2. The number of likely N-dealkylation sites (N-methyl/N-ethyl adjacent to an activating group) is 1. The second-order valence-electron chi connectivity index (χ2n) is 8.02. The molecule has 0 atom stereocenters. The van der Waals surface area contributed by atoms with Crippen LogP contribution in [0.25, 0.3) is 11.5 Å². The molecule has 1 amide bonds. The minimum Gasteiger partial charge on any atom is -0.493 e. The highest BCUT2D eigenvalue weighted by atomic mass is 16.5. The van der Waals surface area contributed by atoms with Gasteiger partial charge >= 0.3 is 0 Å². The summed E-state index contributed by atoms with van der Waals surface area (Å²) in [7, 11) is 3.22. The molecule has 0 spiro atoms. The number of methoxy groups -OCH3 is 1. The largest absolute Gasteiger partial charge is 0.493 e. The first-order chi connectivity index (χ1) is 14.3. The fourth-order valence-corrected chi connectivity index (χ4v) is 2.83. The summed E-state index contributed by atoms with van der Waals surface area (Å²) < 4.78 is 16.5. The van der Waals surface area contributed by atoms with Crippen LogP contribution >= 0.6 is 0 Å². The first-order valence-electron chi connectivity index (χ1n) is 9.71. The van der Waals surface area contributed by atoms with E-state index in [0.29, 0.717) is 23.3 Å². The molecule has 0 aliphatic carbocycles. The Balaban J connectivity index is 1.59. The normalized spacial score (nSPS) is 11.2. The number of hydrogen-bond donors (Lipinski definition) is 0. The highest BCUT2D eigenvalue weighted by Crippen LogP contribution is 2.27. The summed E-state index contributed by atoms with van der Waals surface area (Å²) in [5.41, 5.74) is 2.15. The first kappa shape index (κ1) is 21.4. The molecule has 2 aromatic carbocycles. The number of nitrogens with zero attached hydrogens (tertiary/aromatic N) is 3. The van der Waals surface area contributed by atoms with E-state index in [4.69, 9.17) is 13.9 Å². The van der Waals surface area contributed by atoms with Crippen molar-refractivity contribution in [2.45, 2.75) is 32.7 Å². The Kier molecular flexibility index (Phi) is 6.40. The summed E-state index contributed by atoms with van der Waals surface area (Å²) in [4.78, 5) is 13.9. The van der Waals surface area contributed by atoms with Gasteiger partial charge in [0.05, 0.1) is 13.7 Å². The van der Waals surface area contributed by atoms with Gasteiger partial charge in [-0.3, -0.25) is 4.79 Å². The summed E-state index contributed by atoms with van der Waals surface area (Å²) in [6, 6.07) is 15.2. The molecule has 7 nitrogen and oxygen atoms in total. The number of rotatable bonds is 7. The molecule has 7 heteroatoms. The Morgan fingerprint density at radius 3 is 2.33 bits per heavy atom. The SMILES string of the molecule is COc1ccccc1OCC(=O)N(C)Cc1nnc(-c2ccc(C(C)(C)C)cc2)o1. The van der Waals surface area contributed by atoms with Crippen molar-refractivity contribution in [2.75, 3.05) is 20.8 Å². The maximum absolute atomic E-state index is 12.4. The van der Waals surface area contributed by atoms with Gasteiger partial charge in [-0.05, 0) is 35.2 Å². The molecule has 3 aromatic rings. The summed E-state index contributed by atoms with van der Waals surface area (Å²) in [6.07, 6.45) is 0. The van der Waals surface area contributed by atoms with Crippen LogP contribution in [0.4, 0.5) is 0 Å². The van der Waals surface area contributed by atoms with Gasteiger partial charge in [0.25, 0.3) is 5.91 Å². The van der Waals surface area contributed by atoms with Crippen molar-refractivity contribution in [3.05, 3.63) is 60.0 Å². The van der Waals surface area contributed by atoms with E-state index in [9.17, 15) is 4.79 Å². The van der Waals surface area contributed by atoms with E-state index in [-0.39, 0.29) is 24.5 Å². The molecule has 0 unspecified atom stereocenters. The minimum absolute atomic E-state index is 0.0768. The van der Waals surface area contributed by atoms with Gasteiger partial charge < -0.3 is 18.8 Å². The zero-order valence-electron chi connectivity index (χ0n) is 18.0. The molecule has 30 heavy (non-hydrogen) atoms. The molecule has 0 saturated heterocycles. The third kappa shape index (κ3) is 5.17. The van der Waals surface area contributed by atoms with Crippen molar-refractivity contribution in [3.63, 3.8) is 0 Å². The van der Waals surface area contributed by atoms with E-state index in [1.54, 1.807) is 26.3 Å². The minimum atomic E-state index is -0.213. The fraction of sp³-hybridized carbons (Fsp3) is 0.348. The van der Waals surface area contributed by atoms with Gasteiger partial charge in [0.1, 0.15) is 0 Å². The number of para-hydroxylation sites is 2. The maximum Gasteiger partial charge on any atom is 0.260 e. The van der Waals surface area contributed by atoms with E-state index in [2.05, 4.69) is 43.1 Å². The van der Waals surface area contributed by atoms with E-state index < -0.39 is 0 Å². The molecule has 1 heterocycles. The fourth-order valence-electron chi connectivity index (χ4n) is 2.83. The Labute approximate surface area is 176 Å². The average Bonchev–Trinajstić information content (AvgIpc) is 3.20. The summed E-state index contributed by atoms with van der Waals surface area (Å²) in [5.74, 6) is 1.66. The quantitative estimate of drug-likeness (QED) is 0.585. The lowest BCUT2D eigenvalue weighted by Crippen LogP contribution is -2.31. The molecule has 0 bridgehead atoms. The van der Waals surface area contributed by atoms with E-state index in [0.717, 1.165) is 5.56 Å². The van der Waals surface area contributed by atoms with Crippen molar-refractivity contribution >= 4 is 5.91 Å². The van der Waals surface area contributed by atoms with Crippen LogP contribution in [0.15, 0.2) is 52.9 Å². The molecule has 0 aliphatic rings. The van der Waals surface area contributed by atoms with Crippen LogP contribution in [0.5, 0.6) is 11.5 Å². The van der Waals surface area contributed by atoms with Crippen LogP contribution in [0.2, 0.25) is 0 Å². The van der Waals surface area contributed by atoms with Crippen molar-refractivity contribution in [2.24, 2.45) is 0 Å². The first-order valence-corrected chi connectivity index (χ1v) is 9.71. The van der Waals surface area contributed by atoms with Crippen LogP contribution in [-0.2, 0) is 16.8 Å². The third-order valence-corrected chi connectivity index (χ3v) is 4.68. The van der Waals surface area contributed by atoms with Crippen LogP contribution in [0, 0.1) is 0 Å². The Hall–Kier alpha value is -3.35. The monoisotopic (exact) mass is 409 g/mol. The molecule has 0 fully saturated rings. The van der Waals surface area contributed by atoms with E-state index in [1.165, 1.54) is 10.5 Å². The lowest BCUT2D eigenvalue weighted by atomic mass is 9.87. The van der Waals surface area contributed by atoms with Gasteiger partial charge in [-0.2, -0.15) is 0 Å². The lowest BCUT2D eigenvalue weighted by Gasteiger charge is -2.18. The number of hydrogen-bond acceptors (Lipinski definition) is 6. The molecular formula is C23H27N3O4. The summed E-state index contributed by atoms with van der Waals surface area (Å²) in [5, 5.41) is 8.16. The Morgan fingerprint density at radius 2 is 1.70 bits per heavy atom. The van der Waals surface area contributed by atoms with Gasteiger partial charge in [-0.15, -0.1) is 10.2 Å². The van der Waals surface area contributed by atoms with Crippen molar-refractivity contribution in [1.29, 1.82) is 0 Å². The lowest BCUT2D eigenvalue weighted by molar-refractivity contribution is -0.132. The molecule has 0 radical (unpaired) electrons. The Morgan fingerprint density at radius 1 is 1.03 bits per heavy atom. The molecular weight excluding hydrogens is 382 g/mol. The average molecular weight is 409 g/mol. The van der Waals surface area contributed by atoms with E-state index >= 15 is 0 Å². The van der Waals surface area contributed by atoms with Gasteiger partial charge in [0.2, 0.25) is 11.8 Å². The molecule has 0 saturated carbocycles. The molecule has 0 N–H and O–H groups in total. The van der Waals surface area contributed by atoms with E-state index in [1.807, 2.05) is 24.3 Å². The standard InChI is InChI=1S/C23H27N3O4/c1-23(2,3)17-12-10-16(11-13-17)22-25-24-20(30-22)14-26(4)21(27)15-29-19-9-7-6-8-18(19)28-5/h6-13H,14-15H2,1-5H3. The topological polar surface area (TPSA) is 77.7 Å². The predicted octanol–water partition coefficient (Wildman–Crippen LogP) is 4.08. The highest BCUT2D eigenvalue weighted by Gasteiger charge is 2.17. The number of amides is 1. The zero-order valence-corrected chi connectivity index (χ0v) is 18.0. The van der Waals surface area contributed by atoms with Crippen molar-refractivity contribution < 1.29 is 18.7 Å². The van der Waals surface area contributed by atoms with Gasteiger partial charge in [-0.25, -0.2) is 0 Å². The van der Waals surface area contributed by atoms with Gasteiger partial charge in [0.15, 0.2) is 18.1 Å². The van der Waals surface area contributed by atoms with Gasteiger partial charge in [0, 0.05) is 12.6 Å². The van der Waals surface area contributed by atoms with Crippen molar-refractivity contribution in [3.8, 4) is 23.0 Å². The summed E-state index contributed by atoms with van der Waals surface area (Å²) in [6.45, 7) is 6.57. The van der Waals surface area contributed by atoms with Crippen LogP contribution in [-0.4, -0.2) is 41.8 Å². The molecule has 1 aromatic heterocycles. The summed E-state index contributed by atoms with van der Waals surface area (Å²) >= 11 is 0. The Bertz CT molecular complexity index is 990. The third-order valence-electron chi connectivity index (χ3n) is 4.68. The molecule has 0 aliphatic heterocycles. The number of benzene rings is 2. The maximum atomic E-state index is 12.4. The van der Waals surface area contributed by atoms with Crippen LogP contribution in [0.3, 0.4) is 0 Å². The zero-order chi connectivity index (χ0) is 21.7. The smallest absolute Gasteiger partial charge is 0.260 e. The molecule has 3 rings (SSSR count).